The van der Waals surface area contributed by atoms with E-state index in [0.29, 0.717) is 5.56 Å². The maximum Gasteiger partial charge on any atom is 0.220 e. The van der Waals surface area contributed by atoms with Crippen molar-refractivity contribution in [3.63, 3.8) is 0 Å². The first-order valence-electron chi connectivity index (χ1n) is 7.27. The number of hydrogen-bond acceptors (Lipinski definition) is 4. The van der Waals surface area contributed by atoms with Crippen LogP contribution in [0.1, 0.15) is 24.2 Å². The fourth-order valence-corrected chi connectivity index (χ4v) is 2.57. The normalized spacial score (nSPS) is 10.6. The molecule has 0 saturated carbocycles. The third-order valence-electron chi connectivity index (χ3n) is 3.55. The molecule has 0 bridgehead atoms. The number of aromatic nitrogens is 2. The number of rotatable bonds is 6. The Kier molecular flexibility index (Phi) is 5.80. The average Bonchev–Trinajstić information content (AvgIpc) is 2.57. The summed E-state index contributed by atoms with van der Waals surface area (Å²) in [6, 6.07) is 7.36. The summed E-state index contributed by atoms with van der Waals surface area (Å²) in [5, 5.41) is 3.67. The van der Waals surface area contributed by atoms with E-state index in [1.807, 2.05) is 12.1 Å². The minimum Gasteiger partial charge on any atom is -0.372 e. The van der Waals surface area contributed by atoms with Crippen LogP contribution >= 0.6 is 23.2 Å². The second-order valence-corrected chi connectivity index (χ2v) is 5.65. The molecule has 0 saturated heterocycles. The molecule has 2 aromatic rings. The minimum absolute atomic E-state index is 0.0349. The van der Waals surface area contributed by atoms with Crippen LogP contribution in [0, 0.1) is 0 Å². The van der Waals surface area contributed by atoms with E-state index in [4.69, 9.17) is 23.2 Å². The number of nitrogens with zero attached hydrogens (tertiary/aromatic N) is 3. The average molecular weight is 354 g/mol. The monoisotopic (exact) mass is 353 g/mol. The van der Waals surface area contributed by atoms with E-state index in [1.54, 1.807) is 12.1 Å². The van der Waals surface area contributed by atoms with Crippen LogP contribution in [-0.4, -0.2) is 28.7 Å². The molecule has 0 radical (unpaired) electrons. The standard InChI is InChI=1S/C16H17Cl2N3O2/c1-3-20(4-2)12-7-5-11(6-8-12)14(23)10-21-16(18)15(17)13(22)9-19-21/h5-9H,3-4,10H2,1-2H3. The Labute approximate surface area is 144 Å². The highest BCUT2D eigenvalue weighted by molar-refractivity contribution is 6.41. The summed E-state index contributed by atoms with van der Waals surface area (Å²) in [5.41, 5.74) is 1.15. The number of ketones is 1. The van der Waals surface area contributed by atoms with Crippen LogP contribution in [0.15, 0.2) is 35.3 Å². The van der Waals surface area contributed by atoms with Crippen LogP contribution in [-0.2, 0) is 6.54 Å². The van der Waals surface area contributed by atoms with Crippen LogP contribution in [0.3, 0.4) is 0 Å². The summed E-state index contributed by atoms with van der Waals surface area (Å²) in [4.78, 5) is 25.8. The Morgan fingerprint density at radius 3 is 2.35 bits per heavy atom. The molecule has 0 aliphatic heterocycles. The van der Waals surface area contributed by atoms with Gasteiger partial charge in [0.2, 0.25) is 5.43 Å². The van der Waals surface area contributed by atoms with E-state index in [1.165, 1.54) is 4.68 Å². The predicted molar refractivity (Wildman–Crippen MR) is 92.9 cm³/mol. The molecular formula is C16H17Cl2N3O2. The molecule has 7 heteroatoms. The highest BCUT2D eigenvalue weighted by Crippen LogP contribution is 2.18. The zero-order valence-corrected chi connectivity index (χ0v) is 14.4. The number of benzene rings is 1. The van der Waals surface area contributed by atoms with Gasteiger partial charge in [-0.2, -0.15) is 5.10 Å². The Balaban J connectivity index is 2.18. The lowest BCUT2D eigenvalue weighted by atomic mass is 10.1. The van der Waals surface area contributed by atoms with E-state index >= 15 is 0 Å². The Morgan fingerprint density at radius 1 is 1.17 bits per heavy atom. The molecule has 0 amide bonds. The van der Waals surface area contributed by atoms with Gasteiger partial charge < -0.3 is 4.90 Å². The molecule has 5 nitrogen and oxygen atoms in total. The van der Waals surface area contributed by atoms with Gasteiger partial charge in [-0.1, -0.05) is 23.2 Å². The van der Waals surface area contributed by atoms with Crippen molar-refractivity contribution in [2.75, 3.05) is 18.0 Å². The molecule has 0 unspecified atom stereocenters. The molecule has 0 fully saturated rings. The van der Waals surface area contributed by atoms with Crippen LogP contribution in [0.4, 0.5) is 5.69 Å². The summed E-state index contributed by atoms with van der Waals surface area (Å²) in [6.45, 7) is 5.88. The first-order valence-corrected chi connectivity index (χ1v) is 8.02. The summed E-state index contributed by atoms with van der Waals surface area (Å²) >= 11 is 11.7. The second kappa shape index (κ2) is 7.62. The van der Waals surface area contributed by atoms with Gasteiger partial charge in [0, 0.05) is 24.3 Å². The number of carbonyl (C=O) groups excluding carboxylic acids is 1. The van der Waals surface area contributed by atoms with E-state index in [9.17, 15) is 9.59 Å². The van der Waals surface area contributed by atoms with Crippen LogP contribution in [0.25, 0.3) is 0 Å². The van der Waals surface area contributed by atoms with E-state index in [0.717, 1.165) is 25.0 Å². The minimum atomic E-state index is -0.469. The van der Waals surface area contributed by atoms with E-state index < -0.39 is 5.43 Å². The second-order valence-electron chi connectivity index (χ2n) is 4.91. The molecule has 1 heterocycles. The van der Waals surface area contributed by atoms with Crippen molar-refractivity contribution >= 4 is 34.7 Å². The lowest BCUT2D eigenvalue weighted by Crippen LogP contribution is -2.22. The van der Waals surface area contributed by atoms with Gasteiger partial charge in [0.1, 0.15) is 16.7 Å². The molecule has 122 valence electrons. The van der Waals surface area contributed by atoms with Crippen molar-refractivity contribution in [2.24, 2.45) is 0 Å². The zero-order valence-electron chi connectivity index (χ0n) is 12.9. The lowest BCUT2D eigenvalue weighted by molar-refractivity contribution is 0.0967. The van der Waals surface area contributed by atoms with Gasteiger partial charge in [-0.15, -0.1) is 0 Å². The van der Waals surface area contributed by atoms with E-state index in [-0.39, 0.29) is 22.5 Å². The summed E-state index contributed by atoms with van der Waals surface area (Å²) in [6.07, 6.45) is 1.05. The molecule has 1 aromatic carbocycles. The van der Waals surface area contributed by atoms with Crippen LogP contribution in [0.5, 0.6) is 0 Å². The van der Waals surface area contributed by atoms with Crippen LogP contribution in [0.2, 0.25) is 10.2 Å². The van der Waals surface area contributed by atoms with Crippen molar-refractivity contribution in [3.8, 4) is 0 Å². The molecule has 2 rings (SSSR count). The number of anilines is 1. The van der Waals surface area contributed by atoms with Crippen molar-refractivity contribution in [1.82, 2.24) is 9.78 Å². The SMILES string of the molecule is CCN(CC)c1ccc(C(=O)Cn2ncc(=O)c(Cl)c2Cl)cc1. The molecule has 23 heavy (non-hydrogen) atoms. The summed E-state index contributed by atoms with van der Waals surface area (Å²) in [5.74, 6) is -0.162. The first kappa shape index (κ1) is 17.5. The van der Waals surface area contributed by atoms with Gasteiger partial charge in [-0.25, -0.2) is 4.68 Å². The van der Waals surface area contributed by atoms with Gasteiger partial charge in [-0.05, 0) is 38.1 Å². The molecule has 0 atom stereocenters. The molecule has 1 aromatic heterocycles. The van der Waals surface area contributed by atoms with Crippen molar-refractivity contribution in [1.29, 1.82) is 0 Å². The maximum absolute atomic E-state index is 12.3. The first-order chi connectivity index (χ1) is 11.0. The van der Waals surface area contributed by atoms with Crippen molar-refractivity contribution in [3.05, 3.63) is 56.4 Å². The van der Waals surface area contributed by atoms with E-state index in [2.05, 4.69) is 23.8 Å². The Morgan fingerprint density at radius 2 is 1.78 bits per heavy atom. The highest BCUT2D eigenvalue weighted by atomic mass is 35.5. The molecule has 0 N–H and O–H groups in total. The molecule has 0 spiro atoms. The fourth-order valence-electron chi connectivity index (χ4n) is 2.23. The third-order valence-corrected chi connectivity index (χ3v) is 4.40. The number of Topliss-reactive ketones (excluding diaryl/α,β-unsaturated/α-hetero) is 1. The predicted octanol–water partition coefficient (Wildman–Crippen LogP) is 3.28. The smallest absolute Gasteiger partial charge is 0.220 e. The van der Waals surface area contributed by atoms with Gasteiger partial charge in [0.25, 0.3) is 0 Å². The lowest BCUT2D eigenvalue weighted by Gasteiger charge is -2.21. The van der Waals surface area contributed by atoms with Crippen molar-refractivity contribution < 1.29 is 4.79 Å². The largest absolute Gasteiger partial charge is 0.372 e. The number of halogens is 2. The zero-order chi connectivity index (χ0) is 17.0. The Bertz CT molecular complexity index is 753. The molecule has 0 aliphatic rings. The maximum atomic E-state index is 12.3. The van der Waals surface area contributed by atoms with Crippen LogP contribution < -0.4 is 10.3 Å². The summed E-state index contributed by atoms with van der Waals surface area (Å²) < 4.78 is 1.21. The summed E-state index contributed by atoms with van der Waals surface area (Å²) in [7, 11) is 0. The highest BCUT2D eigenvalue weighted by Gasteiger charge is 2.13. The number of hydrogen-bond donors (Lipinski definition) is 0. The van der Waals surface area contributed by atoms with Crippen molar-refractivity contribution in [2.45, 2.75) is 20.4 Å². The topological polar surface area (TPSA) is 55.2 Å². The quantitative estimate of drug-likeness (QED) is 0.747. The molecular weight excluding hydrogens is 337 g/mol. The van der Waals surface area contributed by atoms with Gasteiger partial charge in [-0.3, -0.25) is 9.59 Å². The fraction of sp³-hybridized carbons (Fsp3) is 0.312. The Hall–Kier alpha value is -1.85. The number of carbonyl (C=O) groups is 1. The van der Waals surface area contributed by atoms with Gasteiger partial charge in [0.15, 0.2) is 5.78 Å². The third kappa shape index (κ3) is 3.92. The van der Waals surface area contributed by atoms with Gasteiger partial charge >= 0.3 is 0 Å². The molecule has 0 aliphatic carbocycles. The van der Waals surface area contributed by atoms with Gasteiger partial charge in [0.05, 0.1) is 6.20 Å².